The van der Waals surface area contributed by atoms with Crippen molar-refractivity contribution in [3.05, 3.63) is 17.5 Å². The van der Waals surface area contributed by atoms with Gasteiger partial charge in [-0.2, -0.15) is 5.10 Å². The minimum Gasteiger partial charge on any atom is -0.330 e. The van der Waals surface area contributed by atoms with Gasteiger partial charge in [0, 0.05) is 19.6 Å². The molecule has 0 bridgehead atoms. The second kappa shape index (κ2) is 6.53. The van der Waals surface area contributed by atoms with Gasteiger partial charge in [0.05, 0.1) is 11.4 Å². The van der Waals surface area contributed by atoms with Gasteiger partial charge in [-0.15, -0.1) is 0 Å². The van der Waals surface area contributed by atoms with E-state index in [-0.39, 0.29) is 0 Å². The Balaban J connectivity index is 2.07. The molecule has 1 aliphatic carbocycles. The highest BCUT2D eigenvalue weighted by Crippen LogP contribution is 2.30. The Morgan fingerprint density at radius 2 is 2.21 bits per heavy atom. The van der Waals surface area contributed by atoms with E-state index in [1.165, 1.54) is 30.7 Å². The van der Waals surface area contributed by atoms with E-state index in [0.29, 0.717) is 12.0 Å². The van der Waals surface area contributed by atoms with E-state index in [4.69, 9.17) is 5.73 Å². The predicted octanol–water partition coefficient (Wildman–Crippen LogP) is 1.93. The molecule has 1 aliphatic rings. The van der Waals surface area contributed by atoms with Crippen LogP contribution < -0.4 is 5.73 Å². The van der Waals surface area contributed by atoms with Crippen molar-refractivity contribution in [1.29, 1.82) is 0 Å². The summed E-state index contributed by atoms with van der Waals surface area (Å²) in [7, 11) is 2.05. The lowest BCUT2D eigenvalue weighted by Gasteiger charge is -2.31. The molecule has 2 rings (SSSR count). The Morgan fingerprint density at radius 1 is 1.42 bits per heavy atom. The Hall–Kier alpha value is -0.870. The summed E-state index contributed by atoms with van der Waals surface area (Å²) in [5, 5.41) is 4.55. The van der Waals surface area contributed by atoms with E-state index >= 15 is 0 Å². The highest BCUT2D eigenvalue weighted by Gasteiger charge is 2.30. The van der Waals surface area contributed by atoms with Gasteiger partial charge >= 0.3 is 0 Å². The third-order valence-electron chi connectivity index (χ3n) is 4.55. The van der Waals surface area contributed by atoms with Crippen LogP contribution in [0.3, 0.4) is 0 Å². The van der Waals surface area contributed by atoms with Crippen LogP contribution in [0.5, 0.6) is 0 Å². The van der Waals surface area contributed by atoms with Crippen molar-refractivity contribution in [2.24, 2.45) is 18.7 Å². The third kappa shape index (κ3) is 3.18. The maximum Gasteiger partial charge on any atom is 0.0625 e. The van der Waals surface area contributed by atoms with Crippen LogP contribution in [0.1, 0.15) is 44.5 Å². The predicted molar refractivity (Wildman–Crippen MR) is 78.9 cm³/mol. The van der Waals surface area contributed by atoms with Crippen LogP contribution in [0.2, 0.25) is 0 Å². The first-order valence-corrected chi connectivity index (χ1v) is 7.65. The van der Waals surface area contributed by atoms with Crippen LogP contribution in [0, 0.1) is 5.92 Å². The van der Waals surface area contributed by atoms with Crippen LogP contribution >= 0.6 is 0 Å². The number of aryl methyl sites for hydroxylation is 2. The number of rotatable bonds is 6. The Labute approximate surface area is 117 Å². The van der Waals surface area contributed by atoms with E-state index in [0.717, 1.165) is 26.1 Å². The van der Waals surface area contributed by atoms with Crippen molar-refractivity contribution in [3.8, 4) is 0 Å². The van der Waals surface area contributed by atoms with E-state index in [1.54, 1.807) is 0 Å². The van der Waals surface area contributed by atoms with Crippen molar-refractivity contribution in [3.63, 3.8) is 0 Å². The molecule has 1 aromatic heterocycles. The zero-order valence-electron chi connectivity index (χ0n) is 12.6. The molecule has 1 aromatic rings. The molecule has 4 heteroatoms. The maximum atomic E-state index is 5.92. The first kappa shape index (κ1) is 14.5. The molecule has 0 amide bonds. The molecule has 4 nitrogen and oxygen atoms in total. The van der Waals surface area contributed by atoms with Gasteiger partial charge in [-0.05, 0) is 44.3 Å². The summed E-state index contributed by atoms with van der Waals surface area (Å²) in [5.41, 5.74) is 8.43. The lowest BCUT2D eigenvalue weighted by molar-refractivity contribution is 0.158. The van der Waals surface area contributed by atoms with E-state index in [2.05, 4.69) is 37.0 Å². The van der Waals surface area contributed by atoms with Crippen LogP contribution in [-0.2, 0) is 20.0 Å². The average Bonchev–Trinajstić information content (AvgIpc) is 3.02. The minimum absolute atomic E-state index is 0.662. The van der Waals surface area contributed by atoms with Crippen molar-refractivity contribution in [2.45, 2.75) is 52.1 Å². The first-order valence-electron chi connectivity index (χ1n) is 7.65. The topological polar surface area (TPSA) is 47.1 Å². The summed E-state index contributed by atoms with van der Waals surface area (Å²) in [5.74, 6) is 0.679. The molecule has 2 N–H and O–H groups in total. The van der Waals surface area contributed by atoms with Crippen molar-refractivity contribution in [2.75, 3.05) is 13.1 Å². The fourth-order valence-electron chi connectivity index (χ4n) is 3.34. The number of hydrogen-bond acceptors (Lipinski definition) is 3. The molecule has 0 aromatic carbocycles. The van der Waals surface area contributed by atoms with Gasteiger partial charge < -0.3 is 5.73 Å². The molecule has 1 fully saturated rings. The zero-order valence-corrected chi connectivity index (χ0v) is 12.6. The standard InChI is InChI=1S/C15H28N4/c1-4-13-9-14(18(3)17-13)11-19(5-2)15-8-6-7-12(15)10-16/h9,12,15H,4-8,10-11,16H2,1-3H3. The number of nitrogens with zero attached hydrogens (tertiary/aromatic N) is 3. The second-order valence-corrected chi connectivity index (χ2v) is 5.66. The molecule has 108 valence electrons. The summed E-state index contributed by atoms with van der Waals surface area (Å²) < 4.78 is 2.04. The smallest absolute Gasteiger partial charge is 0.0625 e. The summed E-state index contributed by atoms with van der Waals surface area (Å²) >= 11 is 0. The van der Waals surface area contributed by atoms with E-state index in [9.17, 15) is 0 Å². The molecular formula is C15H28N4. The maximum absolute atomic E-state index is 5.92. The molecule has 0 radical (unpaired) electrons. The quantitative estimate of drug-likeness (QED) is 0.854. The lowest BCUT2D eigenvalue weighted by Crippen LogP contribution is -2.40. The summed E-state index contributed by atoms with van der Waals surface area (Å²) in [4.78, 5) is 2.58. The monoisotopic (exact) mass is 264 g/mol. The van der Waals surface area contributed by atoms with Gasteiger partial charge in [0.1, 0.15) is 0 Å². The van der Waals surface area contributed by atoms with Crippen LogP contribution in [0.15, 0.2) is 6.07 Å². The molecule has 1 heterocycles. The highest BCUT2D eigenvalue weighted by molar-refractivity contribution is 5.10. The molecule has 1 saturated carbocycles. The lowest BCUT2D eigenvalue weighted by atomic mass is 10.0. The minimum atomic E-state index is 0.662. The van der Waals surface area contributed by atoms with Crippen LogP contribution in [0.25, 0.3) is 0 Å². The van der Waals surface area contributed by atoms with Gasteiger partial charge in [0.2, 0.25) is 0 Å². The largest absolute Gasteiger partial charge is 0.330 e. The molecule has 0 spiro atoms. The molecule has 2 unspecified atom stereocenters. The van der Waals surface area contributed by atoms with E-state index < -0.39 is 0 Å². The second-order valence-electron chi connectivity index (χ2n) is 5.66. The van der Waals surface area contributed by atoms with Crippen molar-refractivity contribution in [1.82, 2.24) is 14.7 Å². The van der Waals surface area contributed by atoms with Gasteiger partial charge in [0.25, 0.3) is 0 Å². The van der Waals surface area contributed by atoms with Crippen molar-refractivity contribution >= 4 is 0 Å². The van der Waals surface area contributed by atoms with Crippen LogP contribution in [-0.4, -0.2) is 33.8 Å². The zero-order chi connectivity index (χ0) is 13.8. The van der Waals surface area contributed by atoms with E-state index in [1.807, 2.05) is 4.68 Å². The number of hydrogen-bond donors (Lipinski definition) is 1. The Morgan fingerprint density at radius 3 is 2.79 bits per heavy atom. The van der Waals surface area contributed by atoms with Gasteiger partial charge in [0.15, 0.2) is 0 Å². The average molecular weight is 264 g/mol. The van der Waals surface area contributed by atoms with Gasteiger partial charge in [-0.1, -0.05) is 20.3 Å². The fourth-order valence-corrected chi connectivity index (χ4v) is 3.34. The molecule has 19 heavy (non-hydrogen) atoms. The summed E-state index contributed by atoms with van der Waals surface area (Å²) in [6.45, 7) is 7.33. The molecular weight excluding hydrogens is 236 g/mol. The number of aromatic nitrogens is 2. The third-order valence-corrected chi connectivity index (χ3v) is 4.55. The van der Waals surface area contributed by atoms with Gasteiger partial charge in [-0.3, -0.25) is 9.58 Å². The van der Waals surface area contributed by atoms with Crippen LogP contribution in [0.4, 0.5) is 0 Å². The Kier molecular flexibility index (Phi) is 4.99. The summed E-state index contributed by atoms with van der Waals surface area (Å²) in [6, 6.07) is 2.91. The SMILES string of the molecule is CCc1cc(CN(CC)C2CCCC2CN)n(C)n1. The first-order chi connectivity index (χ1) is 9.19. The summed E-state index contributed by atoms with van der Waals surface area (Å²) in [6.07, 6.45) is 4.93. The highest BCUT2D eigenvalue weighted by atomic mass is 15.3. The molecule has 2 atom stereocenters. The molecule has 0 saturated heterocycles. The molecule has 0 aliphatic heterocycles. The van der Waals surface area contributed by atoms with Gasteiger partial charge in [-0.25, -0.2) is 0 Å². The number of nitrogens with two attached hydrogens (primary N) is 1. The Bertz CT molecular complexity index is 399. The normalized spacial score (nSPS) is 23.4. The van der Waals surface area contributed by atoms with Crippen molar-refractivity contribution < 1.29 is 0 Å². The fraction of sp³-hybridized carbons (Fsp3) is 0.800.